The lowest BCUT2D eigenvalue weighted by Gasteiger charge is -2.22. The molecule has 0 heterocycles. The molecule has 1 aliphatic carbocycles. The lowest BCUT2D eigenvalue weighted by molar-refractivity contribution is -0.147. The summed E-state index contributed by atoms with van der Waals surface area (Å²) in [5.41, 5.74) is 0. The van der Waals surface area contributed by atoms with Gasteiger partial charge >= 0.3 is 11.9 Å². The topological polar surface area (TPSA) is 93.1 Å². The number of rotatable bonds is 13. The minimum atomic E-state index is -0.564. The van der Waals surface area contributed by atoms with Crippen LogP contribution in [0.4, 0.5) is 0 Å². The highest BCUT2D eigenvalue weighted by molar-refractivity contribution is 5.69. The van der Waals surface area contributed by atoms with Gasteiger partial charge in [-0.15, -0.1) is 0 Å². The Hall–Kier alpha value is -1.66. The third-order valence-electron chi connectivity index (χ3n) is 5.42. The van der Waals surface area contributed by atoms with Crippen LogP contribution in [0.5, 0.6) is 0 Å². The number of methoxy groups -OCH3 is 1. The molecule has 0 aliphatic heterocycles. The Kier molecular flexibility index (Phi) is 12.6. The number of allylic oxidation sites excluding steroid dienone is 2. The van der Waals surface area contributed by atoms with Gasteiger partial charge in [-0.3, -0.25) is 9.59 Å². The molecular weight excluding hydrogens is 372 g/mol. The molecule has 0 spiro atoms. The summed E-state index contributed by atoms with van der Waals surface area (Å²) < 4.78 is 10.1. The zero-order valence-electron chi connectivity index (χ0n) is 18.1. The van der Waals surface area contributed by atoms with Crippen molar-refractivity contribution in [1.82, 2.24) is 0 Å². The van der Waals surface area contributed by atoms with E-state index in [4.69, 9.17) is 4.74 Å². The van der Waals surface area contributed by atoms with Crippen molar-refractivity contribution in [1.29, 1.82) is 0 Å². The average Bonchev–Trinajstić information content (AvgIpc) is 2.96. The summed E-state index contributed by atoms with van der Waals surface area (Å²) in [7, 11) is 1.38. The Bertz CT molecular complexity index is 541. The zero-order chi connectivity index (χ0) is 21.6. The average molecular weight is 411 g/mol. The van der Waals surface area contributed by atoms with Crippen molar-refractivity contribution in [2.75, 3.05) is 7.11 Å². The lowest BCUT2D eigenvalue weighted by atomic mass is 9.89. The van der Waals surface area contributed by atoms with Crippen molar-refractivity contribution in [2.24, 2.45) is 11.8 Å². The van der Waals surface area contributed by atoms with Gasteiger partial charge in [-0.25, -0.2) is 0 Å². The molecule has 0 unspecified atom stereocenters. The summed E-state index contributed by atoms with van der Waals surface area (Å²) in [6.45, 7) is 3.50. The number of carbonyl (C=O) groups excluding carboxylic acids is 2. The van der Waals surface area contributed by atoms with Gasteiger partial charge in [0.15, 0.2) is 0 Å². The summed E-state index contributed by atoms with van der Waals surface area (Å²) in [4.78, 5) is 22.6. The van der Waals surface area contributed by atoms with Gasteiger partial charge < -0.3 is 19.7 Å². The van der Waals surface area contributed by atoms with Crippen LogP contribution >= 0.6 is 0 Å². The third kappa shape index (κ3) is 10.1. The molecule has 0 amide bonds. The lowest BCUT2D eigenvalue weighted by Crippen LogP contribution is -2.24. The van der Waals surface area contributed by atoms with E-state index in [0.717, 1.165) is 32.1 Å². The molecule has 0 aromatic carbocycles. The molecule has 1 saturated carbocycles. The molecule has 166 valence electrons. The van der Waals surface area contributed by atoms with E-state index in [1.807, 2.05) is 18.2 Å². The molecule has 0 bridgehead atoms. The molecule has 1 fully saturated rings. The van der Waals surface area contributed by atoms with Crippen LogP contribution in [0.2, 0.25) is 0 Å². The second-order valence-corrected chi connectivity index (χ2v) is 7.82. The Morgan fingerprint density at radius 2 is 1.97 bits per heavy atom. The Balaban J connectivity index is 2.65. The second-order valence-electron chi connectivity index (χ2n) is 7.82. The zero-order valence-corrected chi connectivity index (χ0v) is 18.1. The van der Waals surface area contributed by atoms with E-state index in [1.165, 1.54) is 14.0 Å². The van der Waals surface area contributed by atoms with Gasteiger partial charge in [-0.1, -0.05) is 50.5 Å². The number of aliphatic hydroxyl groups is 2. The van der Waals surface area contributed by atoms with Crippen LogP contribution in [0, 0.1) is 11.8 Å². The number of hydrogen-bond acceptors (Lipinski definition) is 6. The molecule has 29 heavy (non-hydrogen) atoms. The number of esters is 2. The molecular formula is C23H38O6. The van der Waals surface area contributed by atoms with Crippen LogP contribution < -0.4 is 0 Å². The number of unbranched alkanes of at least 4 members (excludes halogenated alkanes) is 3. The van der Waals surface area contributed by atoms with Gasteiger partial charge in [0, 0.05) is 25.7 Å². The molecule has 0 aromatic rings. The van der Waals surface area contributed by atoms with E-state index in [-0.39, 0.29) is 29.9 Å². The highest BCUT2D eigenvalue weighted by Gasteiger charge is 2.42. The van der Waals surface area contributed by atoms with E-state index in [0.29, 0.717) is 25.7 Å². The van der Waals surface area contributed by atoms with Gasteiger partial charge in [0.2, 0.25) is 0 Å². The normalized spacial score (nSPS) is 25.6. The number of hydrogen-bond donors (Lipinski definition) is 2. The number of aliphatic hydroxyl groups excluding tert-OH is 2. The molecule has 0 saturated heterocycles. The highest BCUT2D eigenvalue weighted by Crippen LogP contribution is 2.38. The minimum Gasteiger partial charge on any atom is -0.469 e. The van der Waals surface area contributed by atoms with Crippen molar-refractivity contribution in [3.05, 3.63) is 24.3 Å². The maximum absolute atomic E-state index is 11.5. The maximum Gasteiger partial charge on any atom is 0.305 e. The van der Waals surface area contributed by atoms with Crippen LogP contribution in [0.15, 0.2) is 24.3 Å². The van der Waals surface area contributed by atoms with Crippen molar-refractivity contribution < 1.29 is 29.3 Å². The standard InChI is InChI=1S/C23H38O6/c1-4-5-8-11-18(25)14-15-20-19(21(26)16-22(20)29-17(2)24)12-9-6-7-10-13-23(27)28-3/h6,9,14-15,18-22,25-26H,4-5,7-8,10-13,16H2,1-3H3/b9-6-,15-14+/t18-,19+,20+,21-,22+/m0/s1. The highest BCUT2D eigenvalue weighted by atomic mass is 16.5. The third-order valence-corrected chi connectivity index (χ3v) is 5.42. The van der Waals surface area contributed by atoms with E-state index in [1.54, 1.807) is 6.08 Å². The predicted molar refractivity (Wildman–Crippen MR) is 112 cm³/mol. The fraction of sp³-hybridized carbons (Fsp3) is 0.739. The number of ether oxygens (including phenoxy) is 2. The Morgan fingerprint density at radius 1 is 1.21 bits per heavy atom. The van der Waals surface area contributed by atoms with E-state index >= 15 is 0 Å². The van der Waals surface area contributed by atoms with E-state index < -0.39 is 12.2 Å². The summed E-state index contributed by atoms with van der Waals surface area (Å²) in [6.07, 6.45) is 13.1. The van der Waals surface area contributed by atoms with Crippen molar-refractivity contribution in [2.45, 2.75) is 89.9 Å². The Labute approximate surface area is 175 Å². The first-order valence-corrected chi connectivity index (χ1v) is 10.8. The van der Waals surface area contributed by atoms with Crippen LogP contribution in [-0.2, 0) is 19.1 Å². The van der Waals surface area contributed by atoms with E-state index in [9.17, 15) is 19.8 Å². The first-order chi connectivity index (χ1) is 13.9. The number of carbonyl (C=O) groups is 2. The summed E-state index contributed by atoms with van der Waals surface area (Å²) in [6, 6.07) is 0. The first kappa shape index (κ1) is 25.4. The first-order valence-electron chi connectivity index (χ1n) is 10.8. The Morgan fingerprint density at radius 3 is 2.62 bits per heavy atom. The van der Waals surface area contributed by atoms with Gasteiger partial charge in [-0.05, 0) is 31.6 Å². The van der Waals surface area contributed by atoms with Gasteiger partial charge in [-0.2, -0.15) is 0 Å². The smallest absolute Gasteiger partial charge is 0.305 e. The van der Waals surface area contributed by atoms with Crippen LogP contribution in [-0.4, -0.2) is 47.6 Å². The molecule has 0 radical (unpaired) electrons. The van der Waals surface area contributed by atoms with Gasteiger partial charge in [0.05, 0.1) is 19.3 Å². The summed E-state index contributed by atoms with van der Waals surface area (Å²) in [5, 5.41) is 20.7. The minimum absolute atomic E-state index is 0.0738. The van der Waals surface area contributed by atoms with Crippen molar-refractivity contribution >= 4 is 11.9 Å². The van der Waals surface area contributed by atoms with Crippen molar-refractivity contribution in [3.8, 4) is 0 Å². The quantitative estimate of drug-likeness (QED) is 0.273. The van der Waals surface area contributed by atoms with Crippen LogP contribution in [0.3, 0.4) is 0 Å². The fourth-order valence-corrected chi connectivity index (χ4v) is 3.82. The SMILES string of the molecule is CCCCC[C@H](O)/C=C/[C@@H]1[C@@H](C/C=C\CCCC(=O)OC)[C@@H](O)C[C@H]1OC(C)=O. The largest absolute Gasteiger partial charge is 0.469 e. The monoisotopic (exact) mass is 410 g/mol. The molecule has 1 aliphatic rings. The molecule has 5 atom stereocenters. The fourth-order valence-electron chi connectivity index (χ4n) is 3.82. The van der Waals surface area contributed by atoms with Gasteiger partial charge in [0.25, 0.3) is 0 Å². The molecule has 2 N–H and O–H groups in total. The van der Waals surface area contributed by atoms with Crippen molar-refractivity contribution in [3.63, 3.8) is 0 Å². The van der Waals surface area contributed by atoms with Crippen LogP contribution in [0.25, 0.3) is 0 Å². The maximum atomic E-state index is 11.5. The van der Waals surface area contributed by atoms with E-state index in [2.05, 4.69) is 11.7 Å². The molecule has 6 heteroatoms. The summed E-state index contributed by atoms with van der Waals surface area (Å²) >= 11 is 0. The predicted octanol–water partition coefficient (Wildman–Crippen LogP) is 3.70. The van der Waals surface area contributed by atoms with Crippen LogP contribution in [0.1, 0.15) is 71.6 Å². The summed E-state index contributed by atoms with van der Waals surface area (Å²) in [5.74, 6) is -0.774. The van der Waals surface area contributed by atoms with Gasteiger partial charge in [0.1, 0.15) is 6.10 Å². The second kappa shape index (κ2) is 14.3. The molecule has 6 nitrogen and oxygen atoms in total. The molecule has 0 aromatic heterocycles. The molecule has 1 rings (SSSR count).